The van der Waals surface area contributed by atoms with Gasteiger partial charge in [0.15, 0.2) is 0 Å². The van der Waals surface area contributed by atoms with E-state index >= 15 is 0 Å². The van der Waals surface area contributed by atoms with Gasteiger partial charge in [0.25, 0.3) is 0 Å². The van der Waals surface area contributed by atoms with Crippen molar-refractivity contribution in [3.63, 3.8) is 0 Å². The highest BCUT2D eigenvalue weighted by Crippen LogP contribution is 2.17. The molecule has 2 nitrogen and oxygen atoms in total. The number of hydrogen-bond donors (Lipinski definition) is 0. The van der Waals surface area contributed by atoms with Gasteiger partial charge >= 0.3 is 0 Å². The molecule has 2 aromatic rings. The Morgan fingerprint density at radius 2 is 0.923 bits per heavy atom. The van der Waals surface area contributed by atoms with E-state index in [1.54, 1.807) is 0 Å². The third-order valence-electron chi connectivity index (χ3n) is 4.47. The van der Waals surface area contributed by atoms with E-state index in [1.807, 2.05) is 0 Å². The Hall–Kier alpha value is -1.96. The maximum absolute atomic E-state index is 5.63. The van der Waals surface area contributed by atoms with Crippen molar-refractivity contribution in [2.75, 3.05) is 13.2 Å². The zero-order valence-electron chi connectivity index (χ0n) is 16.5. The maximum Gasteiger partial charge on any atom is 0.119 e. The highest BCUT2D eigenvalue weighted by molar-refractivity contribution is 5.28. The van der Waals surface area contributed by atoms with Gasteiger partial charge in [-0.3, -0.25) is 0 Å². The zero-order valence-corrected chi connectivity index (χ0v) is 16.5. The molecule has 2 rings (SSSR count). The number of hydrogen-bond acceptors (Lipinski definition) is 2. The first-order valence-electron chi connectivity index (χ1n) is 10.2. The molecule has 0 bridgehead atoms. The van der Waals surface area contributed by atoms with Crippen molar-refractivity contribution in [1.82, 2.24) is 0 Å². The normalized spacial score (nSPS) is 10.7. The molecule has 0 amide bonds. The largest absolute Gasteiger partial charge is 0.494 e. The lowest BCUT2D eigenvalue weighted by atomic mass is 10.0. The molecule has 26 heavy (non-hydrogen) atoms. The van der Waals surface area contributed by atoms with Crippen LogP contribution in [0.15, 0.2) is 48.5 Å². The monoisotopic (exact) mass is 354 g/mol. The predicted octanol–water partition coefficient (Wildman–Crippen LogP) is 6.61. The van der Waals surface area contributed by atoms with Gasteiger partial charge in [0.1, 0.15) is 11.5 Å². The molecule has 0 unspecified atom stereocenters. The van der Waals surface area contributed by atoms with Gasteiger partial charge in [0.05, 0.1) is 13.2 Å². The first-order chi connectivity index (χ1) is 12.8. The summed E-state index contributed by atoms with van der Waals surface area (Å²) in [6.45, 7) is 5.86. The van der Waals surface area contributed by atoms with Gasteiger partial charge in [-0.25, -0.2) is 0 Å². The smallest absolute Gasteiger partial charge is 0.119 e. The lowest BCUT2D eigenvalue weighted by Gasteiger charge is -2.07. The van der Waals surface area contributed by atoms with Gasteiger partial charge in [0.2, 0.25) is 0 Å². The fraction of sp³-hybridized carbons (Fsp3) is 0.500. The Morgan fingerprint density at radius 3 is 1.27 bits per heavy atom. The lowest BCUT2D eigenvalue weighted by molar-refractivity contribution is 0.317. The van der Waals surface area contributed by atoms with Gasteiger partial charge in [-0.05, 0) is 73.9 Å². The Morgan fingerprint density at radius 1 is 0.538 bits per heavy atom. The minimum Gasteiger partial charge on any atom is -0.494 e. The van der Waals surface area contributed by atoms with Crippen LogP contribution in [0.25, 0.3) is 0 Å². The van der Waals surface area contributed by atoms with Crippen molar-refractivity contribution >= 4 is 0 Å². The van der Waals surface area contributed by atoms with Crippen LogP contribution in [0.5, 0.6) is 11.5 Å². The van der Waals surface area contributed by atoms with Crippen molar-refractivity contribution in [2.45, 2.75) is 65.2 Å². The predicted molar refractivity (Wildman–Crippen MR) is 110 cm³/mol. The van der Waals surface area contributed by atoms with Crippen molar-refractivity contribution in [1.29, 1.82) is 0 Å². The molecule has 0 N–H and O–H groups in total. The molecule has 0 saturated carbocycles. The molecule has 2 heteroatoms. The van der Waals surface area contributed by atoms with E-state index in [0.29, 0.717) is 0 Å². The molecule has 0 heterocycles. The van der Waals surface area contributed by atoms with Gasteiger partial charge < -0.3 is 9.47 Å². The van der Waals surface area contributed by atoms with Crippen molar-refractivity contribution in [2.24, 2.45) is 0 Å². The molecule has 0 saturated heterocycles. The highest BCUT2D eigenvalue weighted by atomic mass is 16.5. The van der Waals surface area contributed by atoms with Crippen LogP contribution in [-0.2, 0) is 12.8 Å². The van der Waals surface area contributed by atoms with Crippen LogP contribution in [0.4, 0.5) is 0 Å². The number of ether oxygens (including phenoxy) is 2. The highest BCUT2D eigenvalue weighted by Gasteiger charge is 1.98. The van der Waals surface area contributed by atoms with Gasteiger partial charge in [-0.15, -0.1) is 0 Å². The molecule has 0 aliphatic heterocycles. The molecule has 0 radical (unpaired) electrons. The summed E-state index contributed by atoms with van der Waals surface area (Å²) >= 11 is 0. The summed E-state index contributed by atoms with van der Waals surface area (Å²) in [6.07, 6.45) is 9.56. The lowest BCUT2D eigenvalue weighted by Crippen LogP contribution is -1.95. The van der Waals surface area contributed by atoms with Gasteiger partial charge in [-0.1, -0.05) is 51.0 Å². The van der Waals surface area contributed by atoms with E-state index in [9.17, 15) is 0 Å². The second-order valence-corrected chi connectivity index (χ2v) is 6.90. The number of benzene rings is 2. The summed E-state index contributed by atoms with van der Waals surface area (Å²) in [5.74, 6) is 1.98. The van der Waals surface area contributed by atoms with Crippen LogP contribution in [0, 0.1) is 0 Å². The summed E-state index contributed by atoms with van der Waals surface area (Å²) in [5, 5.41) is 0. The van der Waals surface area contributed by atoms with E-state index in [2.05, 4.69) is 62.4 Å². The Labute approximate surface area is 159 Å². The summed E-state index contributed by atoms with van der Waals surface area (Å²) in [6, 6.07) is 17.2. The Balaban J connectivity index is 1.56. The second kappa shape index (κ2) is 12.4. The first-order valence-corrected chi connectivity index (χ1v) is 10.2. The van der Waals surface area contributed by atoms with Crippen molar-refractivity contribution in [3.05, 3.63) is 59.7 Å². The fourth-order valence-electron chi connectivity index (χ4n) is 2.96. The van der Waals surface area contributed by atoms with E-state index in [4.69, 9.17) is 9.47 Å². The molecule has 0 aliphatic rings. The minimum atomic E-state index is 0.799. The third kappa shape index (κ3) is 7.95. The summed E-state index contributed by atoms with van der Waals surface area (Å²) < 4.78 is 11.3. The molecule has 0 spiro atoms. The third-order valence-corrected chi connectivity index (χ3v) is 4.47. The Bertz CT molecular complexity index is 531. The summed E-state index contributed by atoms with van der Waals surface area (Å²) in [4.78, 5) is 0. The van der Waals surface area contributed by atoms with E-state index < -0.39 is 0 Å². The standard InChI is InChI=1S/C24H34O2/c1-3-19-25-23-15-11-21(12-16-23)9-7-5-6-8-10-22-13-17-24(18-14-22)26-20-4-2/h11-18H,3-10,19-20H2,1-2H3. The number of unbranched alkanes of at least 4 members (excludes halogenated alkanes) is 3. The van der Waals surface area contributed by atoms with Crippen molar-refractivity contribution < 1.29 is 9.47 Å². The molecule has 0 aromatic heterocycles. The van der Waals surface area contributed by atoms with Gasteiger partial charge in [-0.2, -0.15) is 0 Å². The maximum atomic E-state index is 5.63. The number of rotatable bonds is 13. The van der Waals surface area contributed by atoms with E-state index in [0.717, 1.165) is 50.4 Å². The van der Waals surface area contributed by atoms with Crippen molar-refractivity contribution in [3.8, 4) is 11.5 Å². The minimum absolute atomic E-state index is 0.799. The SMILES string of the molecule is CCCOc1ccc(CCCCCCc2ccc(OCCC)cc2)cc1. The van der Waals surface area contributed by atoms with E-state index in [-0.39, 0.29) is 0 Å². The first kappa shape index (κ1) is 20.4. The summed E-state index contributed by atoms with van der Waals surface area (Å²) in [7, 11) is 0. The molecular weight excluding hydrogens is 320 g/mol. The van der Waals surface area contributed by atoms with Gasteiger partial charge in [0, 0.05) is 0 Å². The molecule has 0 atom stereocenters. The average molecular weight is 355 g/mol. The average Bonchev–Trinajstić information content (AvgIpc) is 2.69. The Kier molecular flexibility index (Phi) is 9.71. The second-order valence-electron chi connectivity index (χ2n) is 6.90. The molecule has 2 aromatic carbocycles. The molecule has 0 fully saturated rings. The topological polar surface area (TPSA) is 18.5 Å². The number of aryl methyl sites for hydroxylation is 2. The zero-order chi connectivity index (χ0) is 18.5. The van der Waals surface area contributed by atoms with Crippen LogP contribution >= 0.6 is 0 Å². The van der Waals surface area contributed by atoms with E-state index in [1.165, 1.54) is 36.8 Å². The molecule has 142 valence electrons. The summed E-state index contributed by atoms with van der Waals surface area (Å²) in [5.41, 5.74) is 2.83. The van der Waals surface area contributed by atoms with Crippen LogP contribution in [-0.4, -0.2) is 13.2 Å². The van der Waals surface area contributed by atoms with Crippen LogP contribution in [0.2, 0.25) is 0 Å². The van der Waals surface area contributed by atoms with Crippen LogP contribution in [0.1, 0.15) is 63.5 Å². The van der Waals surface area contributed by atoms with Crippen LogP contribution < -0.4 is 9.47 Å². The molecular formula is C24H34O2. The quantitative estimate of drug-likeness (QED) is 0.377. The van der Waals surface area contributed by atoms with Crippen LogP contribution in [0.3, 0.4) is 0 Å². The fourth-order valence-corrected chi connectivity index (χ4v) is 2.96. The molecule has 0 aliphatic carbocycles.